The van der Waals surface area contributed by atoms with Gasteiger partial charge >= 0.3 is 6.18 Å². The fourth-order valence-electron chi connectivity index (χ4n) is 2.52. The molecule has 3 aromatic rings. The van der Waals surface area contributed by atoms with Crippen molar-refractivity contribution >= 4 is 29.1 Å². The number of alkyl halides is 3. The van der Waals surface area contributed by atoms with E-state index in [0.717, 1.165) is 6.07 Å². The Morgan fingerprint density at radius 3 is 2.43 bits per heavy atom. The van der Waals surface area contributed by atoms with Crippen molar-refractivity contribution in [3.8, 4) is 11.5 Å². The molecule has 156 valence electrons. The molecule has 3 rings (SSSR count). The van der Waals surface area contributed by atoms with Crippen LogP contribution in [0.1, 0.15) is 21.6 Å². The number of hydrogen-bond acceptors (Lipinski definition) is 3. The third kappa shape index (κ3) is 5.34. The quantitative estimate of drug-likeness (QED) is 0.538. The van der Waals surface area contributed by atoms with E-state index in [4.69, 9.17) is 27.9 Å². The predicted octanol–water partition coefficient (Wildman–Crippen LogP) is 5.42. The molecule has 0 bridgehead atoms. The maximum Gasteiger partial charge on any atom is 0.431 e. The highest BCUT2D eigenvalue weighted by Gasteiger charge is 2.32. The van der Waals surface area contributed by atoms with Crippen molar-refractivity contribution in [1.29, 1.82) is 0 Å². The molecule has 5 nitrogen and oxygen atoms in total. The Hall–Kier alpha value is -2.97. The monoisotopic (exact) mass is 456 g/mol. The molecule has 0 aliphatic carbocycles. The summed E-state index contributed by atoms with van der Waals surface area (Å²) < 4.78 is 43.7. The lowest BCUT2D eigenvalue weighted by atomic mass is 10.2. The number of H-pyrrole nitrogens is 1. The van der Waals surface area contributed by atoms with Crippen LogP contribution in [-0.4, -0.2) is 10.9 Å². The molecular weight excluding hydrogens is 444 g/mol. The average molecular weight is 457 g/mol. The first-order chi connectivity index (χ1) is 14.1. The van der Waals surface area contributed by atoms with Crippen molar-refractivity contribution in [3.05, 3.63) is 91.8 Å². The first-order valence-electron chi connectivity index (χ1n) is 8.44. The summed E-state index contributed by atoms with van der Waals surface area (Å²) >= 11 is 12.0. The van der Waals surface area contributed by atoms with Crippen molar-refractivity contribution in [2.45, 2.75) is 12.7 Å². The molecule has 0 aliphatic heterocycles. The van der Waals surface area contributed by atoms with E-state index in [9.17, 15) is 22.8 Å². The standard InChI is InChI=1S/C20H13Cl2F3N2O3/c21-12-2-1-3-14(8-12)30-16-9-13(22)5-4-11(16)10-26-18(28)15-6-7-17(20(23,24)25)27-19(15)29/h1-9H,10H2,(H,26,28)(H,27,29). The topological polar surface area (TPSA) is 71.2 Å². The van der Waals surface area contributed by atoms with Gasteiger partial charge in [-0.05, 0) is 42.5 Å². The molecular formula is C20H13Cl2F3N2O3. The number of pyridine rings is 1. The van der Waals surface area contributed by atoms with Crippen molar-refractivity contribution < 1.29 is 22.7 Å². The highest BCUT2D eigenvalue weighted by Crippen LogP contribution is 2.30. The molecule has 30 heavy (non-hydrogen) atoms. The molecule has 0 aliphatic rings. The molecule has 1 aromatic heterocycles. The third-order valence-corrected chi connectivity index (χ3v) is 4.42. The largest absolute Gasteiger partial charge is 0.457 e. The molecule has 0 saturated heterocycles. The molecule has 1 heterocycles. The zero-order chi connectivity index (χ0) is 21.9. The van der Waals surface area contributed by atoms with Crippen LogP contribution in [0.4, 0.5) is 13.2 Å². The summed E-state index contributed by atoms with van der Waals surface area (Å²) in [6.07, 6.45) is -4.72. The molecule has 0 radical (unpaired) electrons. The number of carbonyl (C=O) groups is 1. The summed E-state index contributed by atoms with van der Waals surface area (Å²) in [5.74, 6) is -0.0587. The average Bonchev–Trinajstić information content (AvgIpc) is 2.66. The summed E-state index contributed by atoms with van der Waals surface area (Å²) in [4.78, 5) is 25.8. The van der Waals surface area contributed by atoms with Crippen molar-refractivity contribution in [3.63, 3.8) is 0 Å². The number of aromatic nitrogens is 1. The first kappa shape index (κ1) is 21.7. The number of hydrogen-bond donors (Lipinski definition) is 2. The lowest BCUT2D eigenvalue weighted by molar-refractivity contribution is -0.141. The number of amides is 1. The minimum Gasteiger partial charge on any atom is -0.457 e. The van der Waals surface area contributed by atoms with Crippen LogP contribution >= 0.6 is 23.2 Å². The second-order valence-electron chi connectivity index (χ2n) is 6.11. The normalized spacial score (nSPS) is 11.2. The van der Waals surface area contributed by atoms with Crippen molar-refractivity contribution in [2.75, 3.05) is 0 Å². The molecule has 0 unspecified atom stereocenters. The number of halogens is 5. The van der Waals surface area contributed by atoms with Gasteiger partial charge in [0.25, 0.3) is 11.5 Å². The van der Waals surface area contributed by atoms with Crippen LogP contribution in [0.5, 0.6) is 11.5 Å². The maximum atomic E-state index is 12.6. The van der Waals surface area contributed by atoms with Gasteiger partial charge in [0.2, 0.25) is 0 Å². The van der Waals surface area contributed by atoms with Gasteiger partial charge in [0.15, 0.2) is 0 Å². The molecule has 1 amide bonds. The Labute approximate surface area is 178 Å². The fraction of sp³-hybridized carbons (Fsp3) is 0.100. The molecule has 2 N–H and O–H groups in total. The van der Waals surface area contributed by atoms with E-state index < -0.39 is 28.9 Å². The smallest absolute Gasteiger partial charge is 0.431 e. The van der Waals surface area contributed by atoms with Gasteiger partial charge in [-0.2, -0.15) is 13.2 Å². The zero-order valence-electron chi connectivity index (χ0n) is 15.0. The lowest BCUT2D eigenvalue weighted by Crippen LogP contribution is -2.30. The first-order valence-corrected chi connectivity index (χ1v) is 9.19. The number of aromatic amines is 1. The maximum absolute atomic E-state index is 12.6. The minimum absolute atomic E-state index is 0.0631. The SMILES string of the molecule is O=C(NCc1ccc(Cl)cc1Oc1cccc(Cl)c1)c1ccc(C(F)(F)F)[nH]c1=O. The second kappa shape index (κ2) is 8.81. The second-order valence-corrected chi connectivity index (χ2v) is 6.98. The van der Waals surface area contributed by atoms with E-state index in [0.29, 0.717) is 33.2 Å². The van der Waals surface area contributed by atoms with Gasteiger partial charge in [0.1, 0.15) is 22.8 Å². The summed E-state index contributed by atoms with van der Waals surface area (Å²) in [5, 5.41) is 3.34. The Balaban J connectivity index is 1.77. The van der Waals surface area contributed by atoms with Crippen LogP contribution in [0.3, 0.4) is 0 Å². The van der Waals surface area contributed by atoms with Crippen molar-refractivity contribution in [2.24, 2.45) is 0 Å². The Morgan fingerprint density at radius 1 is 1.03 bits per heavy atom. The Bertz CT molecular complexity index is 1150. The highest BCUT2D eigenvalue weighted by atomic mass is 35.5. The summed E-state index contributed by atoms with van der Waals surface area (Å²) in [7, 11) is 0. The van der Waals surface area contributed by atoms with E-state index in [1.165, 1.54) is 6.07 Å². The summed E-state index contributed by atoms with van der Waals surface area (Å²) in [6.45, 7) is -0.0631. The third-order valence-electron chi connectivity index (χ3n) is 3.95. The molecule has 10 heteroatoms. The van der Waals surface area contributed by atoms with Crippen LogP contribution < -0.4 is 15.6 Å². The zero-order valence-corrected chi connectivity index (χ0v) is 16.5. The van der Waals surface area contributed by atoms with Gasteiger partial charge < -0.3 is 15.0 Å². The Kier molecular flexibility index (Phi) is 6.38. The molecule has 0 saturated carbocycles. The number of rotatable bonds is 5. The van der Waals surface area contributed by atoms with Gasteiger partial charge in [0, 0.05) is 22.2 Å². The summed E-state index contributed by atoms with van der Waals surface area (Å²) in [6, 6.07) is 12.8. The number of carbonyl (C=O) groups excluding carboxylic acids is 1. The number of ether oxygens (including phenoxy) is 1. The molecule has 0 spiro atoms. The van der Waals surface area contributed by atoms with E-state index >= 15 is 0 Å². The molecule has 0 fully saturated rings. The lowest BCUT2D eigenvalue weighted by Gasteiger charge is -2.13. The van der Waals surface area contributed by atoms with Crippen molar-refractivity contribution in [1.82, 2.24) is 10.3 Å². The van der Waals surface area contributed by atoms with Crippen LogP contribution in [0.25, 0.3) is 0 Å². The van der Waals surface area contributed by atoms with Gasteiger partial charge in [0.05, 0.1) is 0 Å². The van der Waals surface area contributed by atoms with Gasteiger partial charge in [-0.3, -0.25) is 9.59 Å². The van der Waals surface area contributed by atoms with Gasteiger partial charge in [-0.1, -0.05) is 35.3 Å². The highest BCUT2D eigenvalue weighted by molar-refractivity contribution is 6.31. The van der Waals surface area contributed by atoms with E-state index in [1.54, 1.807) is 41.4 Å². The Morgan fingerprint density at radius 2 is 1.77 bits per heavy atom. The van der Waals surface area contributed by atoms with Gasteiger partial charge in [-0.15, -0.1) is 0 Å². The van der Waals surface area contributed by atoms with E-state index in [-0.39, 0.29) is 6.54 Å². The number of benzene rings is 2. The van der Waals surface area contributed by atoms with Crippen LogP contribution in [0.2, 0.25) is 10.0 Å². The molecule has 0 atom stereocenters. The van der Waals surface area contributed by atoms with E-state index in [2.05, 4.69) is 5.32 Å². The van der Waals surface area contributed by atoms with E-state index in [1.807, 2.05) is 0 Å². The van der Waals surface area contributed by atoms with Crippen LogP contribution in [-0.2, 0) is 12.7 Å². The minimum atomic E-state index is -4.72. The van der Waals surface area contributed by atoms with Gasteiger partial charge in [-0.25, -0.2) is 0 Å². The predicted molar refractivity (Wildman–Crippen MR) is 106 cm³/mol. The van der Waals surface area contributed by atoms with Crippen LogP contribution in [0.15, 0.2) is 59.4 Å². The summed E-state index contributed by atoms with van der Waals surface area (Å²) in [5.41, 5.74) is -2.31. The molecule has 2 aromatic carbocycles. The number of nitrogens with one attached hydrogen (secondary N) is 2. The fourth-order valence-corrected chi connectivity index (χ4v) is 2.86. The van der Waals surface area contributed by atoms with Crippen LogP contribution in [0, 0.1) is 0 Å².